The van der Waals surface area contributed by atoms with Gasteiger partial charge >= 0.3 is 0 Å². The maximum Gasteiger partial charge on any atom is 0.229 e. The quantitative estimate of drug-likeness (QED) is 0.341. The number of thiocarbonyl (C=S) groups is 1. The van der Waals surface area contributed by atoms with Crippen LogP contribution in [-0.2, 0) is 10.0 Å². The Morgan fingerprint density at radius 2 is 1.89 bits per heavy atom. The predicted octanol–water partition coefficient (Wildman–Crippen LogP) is 4.13. The molecular formula is C26H26N6O3S2. The number of sulfonamides is 1. The molecule has 11 heteroatoms. The van der Waals surface area contributed by atoms with E-state index >= 15 is 0 Å². The molecule has 0 radical (unpaired) electrons. The van der Waals surface area contributed by atoms with Gasteiger partial charge in [0.05, 0.1) is 42.7 Å². The van der Waals surface area contributed by atoms with Crippen molar-refractivity contribution < 1.29 is 13.2 Å². The summed E-state index contributed by atoms with van der Waals surface area (Å²) >= 11 is 5.85. The maximum absolute atomic E-state index is 12.1. The van der Waals surface area contributed by atoms with Gasteiger partial charge in [-0.1, -0.05) is 6.07 Å². The Labute approximate surface area is 221 Å². The molecule has 0 spiro atoms. The van der Waals surface area contributed by atoms with Gasteiger partial charge in [-0.05, 0) is 73.7 Å². The maximum atomic E-state index is 12.1. The molecule has 2 atom stereocenters. The topological polar surface area (TPSA) is 101 Å². The lowest BCUT2D eigenvalue weighted by atomic mass is 10.0. The Hall–Kier alpha value is -3.96. The van der Waals surface area contributed by atoms with Gasteiger partial charge in [-0.15, -0.1) is 0 Å². The number of pyridine rings is 2. The first-order valence-electron chi connectivity index (χ1n) is 11.5. The first-order chi connectivity index (χ1) is 17.8. The summed E-state index contributed by atoms with van der Waals surface area (Å²) in [7, 11) is -2.05. The van der Waals surface area contributed by atoms with Crippen molar-refractivity contribution in [2.24, 2.45) is 0 Å². The molecule has 0 unspecified atom stereocenters. The van der Waals surface area contributed by atoms with Gasteiger partial charge in [0.25, 0.3) is 0 Å². The van der Waals surface area contributed by atoms with Gasteiger partial charge in [0.1, 0.15) is 11.8 Å². The molecule has 0 aliphatic carbocycles. The van der Waals surface area contributed by atoms with Crippen LogP contribution in [0.3, 0.4) is 0 Å². The number of aromatic nitrogens is 3. The molecule has 1 saturated heterocycles. The highest BCUT2D eigenvalue weighted by Crippen LogP contribution is 2.44. The van der Waals surface area contributed by atoms with Crippen molar-refractivity contribution in [1.82, 2.24) is 19.9 Å². The summed E-state index contributed by atoms with van der Waals surface area (Å²) in [4.78, 5) is 10.9. The van der Waals surface area contributed by atoms with Crippen LogP contribution in [-0.4, -0.2) is 41.4 Å². The standard InChI is InChI=1S/C26H26N6O3S2/c1-17-9-11-22(31(17)19-7-6-13-27-16-19)25-24(20-8-4-5-14-28-20)29-26(36)32(25)18-10-12-23(35-2)21(15-18)30-37(3,33)34/h4-16,24-25,30H,1-3H3,(H,29,36)/t24-,25+/m0/s1. The van der Waals surface area contributed by atoms with Crippen LogP contribution in [0.1, 0.15) is 29.2 Å². The molecule has 0 saturated carbocycles. The average Bonchev–Trinajstić information content (AvgIpc) is 3.43. The number of nitrogens with zero attached hydrogens (tertiary/aromatic N) is 4. The molecule has 2 N–H and O–H groups in total. The van der Waals surface area contributed by atoms with Crippen LogP contribution in [0.4, 0.5) is 11.4 Å². The third kappa shape index (κ3) is 4.87. The highest BCUT2D eigenvalue weighted by Gasteiger charge is 2.42. The molecular weight excluding hydrogens is 508 g/mol. The molecule has 9 nitrogen and oxygen atoms in total. The zero-order valence-corrected chi connectivity index (χ0v) is 22.1. The number of nitrogens with one attached hydrogen (secondary N) is 2. The van der Waals surface area contributed by atoms with Crippen molar-refractivity contribution in [3.05, 3.63) is 96.3 Å². The van der Waals surface area contributed by atoms with Crippen LogP contribution < -0.4 is 19.7 Å². The van der Waals surface area contributed by atoms with E-state index in [9.17, 15) is 8.42 Å². The molecule has 3 aromatic heterocycles. The third-order valence-electron chi connectivity index (χ3n) is 6.17. The highest BCUT2D eigenvalue weighted by atomic mass is 32.2. The van der Waals surface area contributed by atoms with Crippen LogP contribution in [0.5, 0.6) is 5.75 Å². The SMILES string of the molecule is COc1ccc(N2C(=S)N[C@@H](c3ccccn3)[C@H]2c2ccc(C)n2-c2cccnc2)cc1NS(C)(=O)=O. The Balaban J connectivity index is 1.69. The largest absolute Gasteiger partial charge is 0.495 e. The van der Waals surface area contributed by atoms with Crippen LogP contribution in [0.2, 0.25) is 0 Å². The minimum atomic E-state index is -3.54. The van der Waals surface area contributed by atoms with E-state index in [1.807, 2.05) is 54.4 Å². The summed E-state index contributed by atoms with van der Waals surface area (Å²) in [6.07, 6.45) is 6.42. The molecule has 4 aromatic rings. The van der Waals surface area contributed by atoms with Crippen molar-refractivity contribution in [3.63, 3.8) is 0 Å². The minimum absolute atomic E-state index is 0.271. The number of benzene rings is 1. The van der Waals surface area contributed by atoms with Gasteiger partial charge < -0.3 is 19.5 Å². The number of hydrogen-bond acceptors (Lipinski definition) is 6. The summed E-state index contributed by atoms with van der Waals surface area (Å²) in [5, 5.41) is 3.94. The third-order valence-corrected chi connectivity index (χ3v) is 7.07. The first kappa shape index (κ1) is 24.7. The second kappa shape index (κ2) is 9.83. The fraction of sp³-hybridized carbons (Fsp3) is 0.192. The molecule has 1 aromatic carbocycles. The first-order valence-corrected chi connectivity index (χ1v) is 13.8. The van der Waals surface area contributed by atoms with Crippen molar-refractivity contribution in [2.75, 3.05) is 23.0 Å². The van der Waals surface area contributed by atoms with Crippen LogP contribution >= 0.6 is 12.2 Å². The Bertz CT molecular complexity index is 1540. The van der Waals surface area contributed by atoms with Gasteiger partial charge in [-0.25, -0.2) is 8.42 Å². The Kier molecular flexibility index (Phi) is 6.57. The number of hydrogen-bond donors (Lipinski definition) is 2. The van der Waals surface area contributed by atoms with E-state index in [-0.39, 0.29) is 12.1 Å². The average molecular weight is 535 g/mol. The smallest absolute Gasteiger partial charge is 0.229 e. The molecule has 1 aliphatic rings. The van der Waals surface area contributed by atoms with Gasteiger partial charge in [0.2, 0.25) is 10.0 Å². The van der Waals surface area contributed by atoms with Crippen molar-refractivity contribution in [1.29, 1.82) is 0 Å². The van der Waals surface area contributed by atoms with E-state index in [1.165, 1.54) is 7.11 Å². The summed E-state index contributed by atoms with van der Waals surface area (Å²) in [5.41, 5.74) is 4.79. The fourth-order valence-electron chi connectivity index (χ4n) is 4.69. The fourth-order valence-corrected chi connectivity index (χ4v) is 5.59. The van der Waals surface area contributed by atoms with Crippen LogP contribution in [0, 0.1) is 6.92 Å². The van der Waals surface area contributed by atoms with Gasteiger partial charge in [0.15, 0.2) is 5.11 Å². The molecule has 1 aliphatic heterocycles. The number of rotatable bonds is 7. The molecule has 5 rings (SSSR count). The normalized spacial score (nSPS) is 17.5. The number of anilines is 2. The number of ether oxygens (including phenoxy) is 1. The molecule has 37 heavy (non-hydrogen) atoms. The highest BCUT2D eigenvalue weighted by molar-refractivity contribution is 7.92. The van der Waals surface area contributed by atoms with Gasteiger partial charge in [-0.2, -0.15) is 0 Å². The molecule has 1 fully saturated rings. The van der Waals surface area contributed by atoms with E-state index in [0.29, 0.717) is 22.2 Å². The van der Waals surface area contributed by atoms with Crippen molar-refractivity contribution in [3.8, 4) is 11.4 Å². The van der Waals surface area contributed by atoms with Crippen LogP contribution in [0.15, 0.2) is 79.3 Å². The van der Waals surface area contributed by atoms with Crippen LogP contribution in [0.25, 0.3) is 5.69 Å². The van der Waals surface area contributed by atoms with Crippen molar-refractivity contribution >= 4 is 38.7 Å². The summed E-state index contributed by atoms with van der Waals surface area (Å²) < 4.78 is 34.2. The lowest BCUT2D eigenvalue weighted by Crippen LogP contribution is -2.30. The zero-order valence-electron chi connectivity index (χ0n) is 20.5. The Morgan fingerprint density at radius 1 is 1.05 bits per heavy atom. The molecule has 190 valence electrons. The van der Waals surface area contributed by atoms with E-state index in [2.05, 4.69) is 36.7 Å². The van der Waals surface area contributed by atoms with Gasteiger partial charge in [0, 0.05) is 29.5 Å². The summed E-state index contributed by atoms with van der Waals surface area (Å²) in [5.74, 6) is 0.402. The van der Waals surface area contributed by atoms with Gasteiger partial charge in [-0.3, -0.25) is 14.7 Å². The monoisotopic (exact) mass is 534 g/mol. The van der Waals surface area contributed by atoms with E-state index in [4.69, 9.17) is 17.0 Å². The van der Waals surface area contributed by atoms with E-state index < -0.39 is 10.0 Å². The number of methoxy groups -OCH3 is 1. The second-order valence-corrected chi connectivity index (χ2v) is 10.8. The zero-order chi connectivity index (χ0) is 26.2. The van der Waals surface area contributed by atoms with Crippen molar-refractivity contribution in [2.45, 2.75) is 19.0 Å². The summed E-state index contributed by atoms with van der Waals surface area (Å²) in [6.45, 7) is 2.04. The second-order valence-electron chi connectivity index (χ2n) is 8.70. The Morgan fingerprint density at radius 3 is 2.57 bits per heavy atom. The molecule has 0 bridgehead atoms. The predicted molar refractivity (Wildman–Crippen MR) is 148 cm³/mol. The lowest BCUT2D eigenvalue weighted by Gasteiger charge is -2.29. The molecule has 0 amide bonds. The van der Waals surface area contributed by atoms with E-state index in [1.54, 1.807) is 24.5 Å². The molecule has 4 heterocycles. The lowest BCUT2D eigenvalue weighted by molar-refractivity contribution is 0.417. The summed E-state index contributed by atoms with van der Waals surface area (Å²) in [6, 6.07) is 18.5. The minimum Gasteiger partial charge on any atom is -0.495 e. The van der Waals surface area contributed by atoms with E-state index in [0.717, 1.165) is 29.0 Å². The number of aryl methyl sites for hydroxylation is 1.